The summed E-state index contributed by atoms with van der Waals surface area (Å²) in [6.45, 7) is 0. The Labute approximate surface area is 215 Å². The minimum atomic E-state index is -0.164. The van der Waals surface area contributed by atoms with Crippen LogP contribution in [0.3, 0.4) is 0 Å². The van der Waals surface area contributed by atoms with Gasteiger partial charge < -0.3 is 24.4 Å². The summed E-state index contributed by atoms with van der Waals surface area (Å²) in [6, 6.07) is 24.7. The number of hydrogen-bond acceptors (Lipinski definition) is 6. The molecule has 0 atom stereocenters. The van der Waals surface area contributed by atoms with Crippen LogP contribution in [0.5, 0.6) is 23.0 Å². The number of fused-ring (bicyclic) bond motifs is 2. The van der Waals surface area contributed by atoms with E-state index >= 15 is 0 Å². The maximum absolute atomic E-state index is 12.9. The molecular weight excluding hydrogens is 466 g/mol. The van der Waals surface area contributed by atoms with Crippen LogP contribution in [0, 0.1) is 0 Å². The largest absolute Gasteiger partial charge is 0.493 e. The molecule has 37 heavy (non-hydrogen) atoms. The second-order valence-corrected chi connectivity index (χ2v) is 8.76. The van der Waals surface area contributed by atoms with E-state index in [2.05, 4.69) is 10.3 Å². The van der Waals surface area contributed by atoms with Crippen molar-refractivity contribution in [3.8, 4) is 23.0 Å². The normalized spacial score (nSPS) is 10.8. The van der Waals surface area contributed by atoms with Crippen LogP contribution in [0.4, 0.5) is 11.4 Å². The number of amides is 1. The molecule has 0 fully saturated rings. The molecular formula is C30H27N3O4. The number of anilines is 2. The van der Waals surface area contributed by atoms with Gasteiger partial charge in [-0.05, 0) is 65.4 Å². The predicted octanol–water partition coefficient (Wildman–Crippen LogP) is 6.52. The zero-order valence-corrected chi connectivity index (χ0v) is 21.1. The van der Waals surface area contributed by atoms with Crippen LogP contribution >= 0.6 is 0 Å². The van der Waals surface area contributed by atoms with Crippen molar-refractivity contribution in [1.82, 2.24) is 4.98 Å². The maximum Gasteiger partial charge on any atom is 0.255 e. The number of rotatable bonds is 7. The van der Waals surface area contributed by atoms with Gasteiger partial charge in [0.05, 0.1) is 19.7 Å². The molecule has 186 valence electrons. The highest BCUT2D eigenvalue weighted by atomic mass is 16.5. The molecule has 0 radical (unpaired) electrons. The fraction of sp³-hybridized carbons (Fsp3) is 0.133. The van der Waals surface area contributed by atoms with Gasteiger partial charge in [-0.2, -0.15) is 0 Å². The third-order valence-corrected chi connectivity index (χ3v) is 6.13. The molecule has 7 heteroatoms. The number of hydrogen-bond donors (Lipinski definition) is 1. The number of aromatic nitrogens is 1. The lowest BCUT2D eigenvalue weighted by Gasteiger charge is -2.14. The highest BCUT2D eigenvalue weighted by molar-refractivity contribution is 6.05. The second kappa shape index (κ2) is 10.1. The monoisotopic (exact) mass is 493 g/mol. The van der Waals surface area contributed by atoms with Gasteiger partial charge in [0.1, 0.15) is 11.5 Å². The second-order valence-electron chi connectivity index (χ2n) is 8.76. The van der Waals surface area contributed by atoms with Crippen LogP contribution in [0.1, 0.15) is 10.4 Å². The van der Waals surface area contributed by atoms with E-state index in [-0.39, 0.29) is 5.91 Å². The molecule has 5 rings (SSSR count). The van der Waals surface area contributed by atoms with Crippen LogP contribution in [0.25, 0.3) is 21.7 Å². The highest BCUT2D eigenvalue weighted by Gasteiger charge is 2.12. The lowest BCUT2D eigenvalue weighted by molar-refractivity contribution is 0.102. The Morgan fingerprint density at radius 3 is 2.38 bits per heavy atom. The van der Waals surface area contributed by atoms with Crippen molar-refractivity contribution < 1.29 is 19.0 Å². The van der Waals surface area contributed by atoms with Crippen LogP contribution in [-0.4, -0.2) is 39.2 Å². The molecule has 1 heterocycles. The van der Waals surface area contributed by atoms with Crippen LogP contribution in [-0.2, 0) is 0 Å². The zero-order valence-electron chi connectivity index (χ0n) is 21.1. The summed E-state index contributed by atoms with van der Waals surface area (Å²) in [5, 5.41) is 5.78. The van der Waals surface area contributed by atoms with Crippen molar-refractivity contribution in [3.63, 3.8) is 0 Å². The molecule has 0 aliphatic heterocycles. The molecule has 0 saturated carbocycles. The lowest BCUT2D eigenvalue weighted by atomic mass is 10.1. The first-order valence-corrected chi connectivity index (χ1v) is 11.8. The quantitative estimate of drug-likeness (QED) is 0.278. The van der Waals surface area contributed by atoms with Gasteiger partial charge in [-0.15, -0.1) is 0 Å². The smallest absolute Gasteiger partial charge is 0.255 e. The summed E-state index contributed by atoms with van der Waals surface area (Å²) in [5.41, 5.74) is 3.00. The van der Waals surface area contributed by atoms with Crippen molar-refractivity contribution in [2.45, 2.75) is 0 Å². The van der Waals surface area contributed by atoms with Crippen LogP contribution < -0.4 is 24.4 Å². The van der Waals surface area contributed by atoms with E-state index in [9.17, 15) is 4.79 Å². The van der Waals surface area contributed by atoms with Crippen molar-refractivity contribution in [2.75, 3.05) is 38.5 Å². The fourth-order valence-electron chi connectivity index (χ4n) is 4.16. The Bertz CT molecular complexity index is 1610. The average molecular weight is 494 g/mol. The number of carbonyl (C=O) groups is 1. The van der Waals surface area contributed by atoms with Crippen molar-refractivity contribution in [1.29, 1.82) is 0 Å². The summed E-state index contributed by atoms with van der Waals surface area (Å²) in [4.78, 5) is 19.3. The van der Waals surface area contributed by atoms with Gasteiger partial charge in [0.15, 0.2) is 11.5 Å². The molecule has 5 aromatic rings. The molecule has 0 unspecified atom stereocenters. The Morgan fingerprint density at radius 1 is 0.811 bits per heavy atom. The van der Waals surface area contributed by atoms with E-state index in [1.807, 2.05) is 91.8 Å². The standard InChI is InChI=1S/C30H27N3O4/c1-33(2)23-7-5-6-20(15-23)30(34)32-22-10-8-19-9-11-24(16-21(19)14-22)37-27-12-13-31-26-18-29(36-4)28(35-3)17-25(26)27/h5-18H,1-4H3,(H,32,34). The highest BCUT2D eigenvalue weighted by Crippen LogP contribution is 2.37. The summed E-state index contributed by atoms with van der Waals surface area (Å²) in [7, 11) is 7.08. The van der Waals surface area contributed by atoms with E-state index in [1.54, 1.807) is 26.5 Å². The summed E-state index contributed by atoms with van der Waals surface area (Å²) in [6.07, 6.45) is 1.70. The Balaban J connectivity index is 1.42. The topological polar surface area (TPSA) is 72.9 Å². The maximum atomic E-state index is 12.9. The number of benzene rings is 4. The number of methoxy groups -OCH3 is 2. The molecule has 1 N–H and O–H groups in total. The lowest BCUT2D eigenvalue weighted by Crippen LogP contribution is -2.14. The first-order valence-electron chi connectivity index (χ1n) is 11.8. The summed E-state index contributed by atoms with van der Waals surface area (Å²) in [5.74, 6) is 2.35. The van der Waals surface area contributed by atoms with E-state index in [1.165, 1.54) is 0 Å². The van der Waals surface area contributed by atoms with E-state index < -0.39 is 0 Å². The van der Waals surface area contributed by atoms with Gasteiger partial charge >= 0.3 is 0 Å². The Hall–Kier alpha value is -4.78. The van der Waals surface area contributed by atoms with Gasteiger partial charge in [-0.25, -0.2) is 0 Å². The SMILES string of the molecule is COc1cc2nccc(Oc3ccc4ccc(NC(=O)c5cccc(N(C)C)c5)cc4c3)c2cc1OC. The first kappa shape index (κ1) is 23.9. The van der Waals surface area contributed by atoms with Gasteiger partial charge in [0, 0.05) is 48.7 Å². The number of nitrogens with zero attached hydrogens (tertiary/aromatic N) is 2. The van der Waals surface area contributed by atoms with Gasteiger partial charge in [-0.1, -0.05) is 18.2 Å². The Morgan fingerprint density at radius 2 is 1.59 bits per heavy atom. The predicted molar refractivity (Wildman–Crippen MR) is 148 cm³/mol. The number of pyridine rings is 1. The average Bonchev–Trinajstić information content (AvgIpc) is 2.92. The minimum absolute atomic E-state index is 0.164. The fourth-order valence-corrected chi connectivity index (χ4v) is 4.16. The molecule has 0 aliphatic carbocycles. The third kappa shape index (κ3) is 4.97. The molecule has 0 bridgehead atoms. The van der Waals surface area contributed by atoms with E-state index in [0.29, 0.717) is 34.2 Å². The van der Waals surface area contributed by atoms with Crippen LogP contribution in [0.2, 0.25) is 0 Å². The van der Waals surface area contributed by atoms with Crippen LogP contribution in [0.15, 0.2) is 85.1 Å². The number of carbonyl (C=O) groups excluding carboxylic acids is 1. The van der Waals surface area contributed by atoms with Gasteiger partial charge in [-0.3, -0.25) is 9.78 Å². The number of nitrogens with one attached hydrogen (secondary N) is 1. The molecule has 1 aromatic heterocycles. The molecule has 0 aliphatic rings. The zero-order chi connectivity index (χ0) is 25.9. The van der Waals surface area contributed by atoms with E-state index in [0.717, 1.165) is 27.4 Å². The summed E-state index contributed by atoms with van der Waals surface area (Å²) < 4.78 is 17.1. The molecule has 0 saturated heterocycles. The van der Waals surface area contributed by atoms with Crippen molar-refractivity contribution in [2.24, 2.45) is 0 Å². The summed E-state index contributed by atoms with van der Waals surface area (Å²) >= 11 is 0. The Kier molecular flexibility index (Phi) is 6.51. The van der Waals surface area contributed by atoms with Gasteiger partial charge in [0.2, 0.25) is 0 Å². The number of ether oxygens (including phenoxy) is 3. The molecule has 4 aromatic carbocycles. The third-order valence-electron chi connectivity index (χ3n) is 6.13. The van der Waals surface area contributed by atoms with E-state index in [4.69, 9.17) is 14.2 Å². The molecule has 1 amide bonds. The minimum Gasteiger partial charge on any atom is -0.493 e. The van der Waals surface area contributed by atoms with Crippen molar-refractivity contribution >= 4 is 39.0 Å². The first-order chi connectivity index (χ1) is 17.9. The van der Waals surface area contributed by atoms with Gasteiger partial charge in [0.25, 0.3) is 5.91 Å². The molecule has 7 nitrogen and oxygen atoms in total. The molecule has 0 spiro atoms. The van der Waals surface area contributed by atoms with Crippen molar-refractivity contribution in [3.05, 3.63) is 90.6 Å².